The van der Waals surface area contributed by atoms with E-state index in [1.54, 1.807) is 18.5 Å². The zero-order chi connectivity index (χ0) is 22.2. The Balaban J connectivity index is 1.60. The Kier molecular flexibility index (Phi) is 5.36. The summed E-state index contributed by atoms with van der Waals surface area (Å²) in [6.07, 6.45) is 0.266. The SMILES string of the molecule is O=C(CN1C(=O)Cc2ccncc2-c2cnc(Cl)cc21)Nc1ccc(C(F)(F)F)cc1. The predicted molar refractivity (Wildman–Crippen MR) is 109 cm³/mol. The summed E-state index contributed by atoms with van der Waals surface area (Å²) >= 11 is 6.03. The molecule has 1 N–H and O–H groups in total. The number of carbonyl (C=O) groups is 2. The third-order valence-electron chi connectivity index (χ3n) is 4.78. The van der Waals surface area contributed by atoms with E-state index in [2.05, 4.69) is 15.3 Å². The van der Waals surface area contributed by atoms with Gasteiger partial charge in [-0.3, -0.25) is 14.6 Å². The fourth-order valence-corrected chi connectivity index (χ4v) is 3.48. The van der Waals surface area contributed by atoms with E-state index in [9.17, 15) is 22.8 Å². The Morgan fingerprint density at radius 1 is 1.13 bits per heavy atom. The molecule has 3 aromatic rings. The van der Waals surface area contributed by atoms with E-state index in [0.717, 1.165) is 29.8 Å². The highest BCUT2D eigenvalue weighted by Gasteiger charge is 2.30. The molecular weight excluding hydrogens is 433 g/mol. The van der Waals surface area contributed by atoms with Gasteiger partial charge in [0.2, 0.25) is 11.8 Å². The Bertz CT molecular complexity index is 1170. The lowest BCUT2D eigenvalue weighted by Crippen LogP contribution is -2.38. The molecule has 3 heterocycles. The third kappa shape index (κ3) is 4.36. The van der Waals surface area contributed by atoms with Crippen molar-refractivity contribution in [3.05, 3.63) is 71.3 Å². The lowest BCUT2D eigenvalue weighted by atomic mass is 10.0. The number of amides is 2. The molecule has 0 saturated carbocycles. The van der Waals surface area contributed by atoms with E-state index >= 15 is 0 Å². The molecule has 1 aromatic carbocycles. The zero-order valence-corrected chi connectivity index (χ0v) is 16.5. The number of alkyl halides is 3. The van der Waals surface area contributed by atoms with Crippen LogP contribution in [0.15, 0.2) is 55.0 Å². The number of pyridine rings is 2. The zero-order valence-electron chi connectivity index (χ0n) is 15.8. The van der Waals surface area contributed by atoms with Crippen LogP contribution in [0.4, 0.5) is 24.5 Å². The van der Waals surface area contributed by atoms with Crippen LogP contribution in [0, 0.1) is 0 Å². The van der Waals surface area contributed by atoms with Gasteiger partial charge in [0.25, 0.3) is 0 Å². The smallest absolute Gasteiger partial charge is 0.325 e. The van der Waals surface area contributed by atoms with Crippen molar-refractivity contribution < 1.29 is 22.8 Å². The number of hydrogen-bond donors (Lipinski definition) is 1. The average molecular weight is 447 g/mol. The van der Waals surface area contributed by atoms with E-state index in [0.29, 0.717) is 16.8 Å². The number of halogens is 4. The van der Waals surface area contributed by atoms with Crippen LogP contribution in [-0.4, -0.2) is 28.3 Å². The molecule has 0 fully saturated rings. The van der Waals surface area contributed by atoms with Gasteiger partial charge in [-0.2, -0.15) is 13.2 Å². The lowest BCUT2D eigenvalue weighted by Gasteiger charge is -2.22. The van der Waals surface area contributed by atoms with E-state index < -0.39 is 17.6 Å². The standard InChI is InChI=1S/C21H14ClF3N4O2/c22-18-8-17-16(10-27-18)15-9-26-6-5-12(15)7-20(31)29(17)11-19(30)28-14-3-1-13(2-4-14)21(23,24)25/h1-6,8-10H,7,11H2,(H,28,30). The van der Waals surface area contributed by atoms with E-state index in [4.69, 9.17) is 11.6 Å². The largest absolute Gasteiger partial charge is 0.416 e. The van der Waals surface area contributed by atoms with Gasteiger partial charge >= 0.3 is 6.18 Å². The van der Waals surface area contributed by atoms with Crippen LogP contribution in [0.25, 0.3) is 11.1 Å². The minimum Gasteiger partial charge on any atom is -0.325 e. The number of nitrogens with zero attached hydrogens (tertiary/aromatic N) is 3. The van der Waals surface area contributed by atoms with Gasteiger partial charge in [0, 0.05) is 35.4 Å². The number of carbonyl (C=O) groups excluding carboxylic acids is 2. The van der Waals surface area contributed by atoms with E-state index in [-0.39, 0.29) is 29.7 Å². The molecule has 2 amide bonds. The molecule has 0 radical (unpaired) electrons. The van der Waals surface area contributed by atoms with Crippen LogP contribution < -0.4 is 10.2 Å². The van der Waals surface area contributed by atoms with Crippen molar-refractivity contribution in [2.75, 3.05) is 16.8 Å². The molecule has 2 aromatic heterocycles. The molecule has 0 aliphatic carbocycles. The number of fused-ring (bicyclic) bond motifs is 3. The van der Waals surface area contributed by atoms with E-state index in [1.807, 2.05) is 0 Å². The Morgan fingerprint density at radius 3 is 2.58 bits per heavy atom. The average Bonchev–Trinajstić information content (AvgIpc) is 2.82. The topological polar surface area (TPSA) is 75.2 Å². The highest BCUT2D eigenvalue weighted by Crippen LogP contribution is 2.37. The minimum absolute atomic E-state index is 0.0394. The summed E-state index contributed by atoms with van der Waals surface area (Å²) < 4.78 is 38.1. The van der Waals surface area contributed by atoms with Crippen molar-refractivity contribution in [2.24, 2.45) is 0 Å². The first kappa shape index (κ1) is 20.8. The Labute approximate surface area is 179 Å². The monoisotopic (exact) mass is 446 g/mol. The maximum Gasteiger partial charge on any atom is 0.416 e. The van der Waals surface area contributed by atoms with Gasteiger partial charge in [-0.05, 0) is 42.0 Å². The van der Waals surface area contributed by atoms with Gasteiger partial charge in [0.1, 0.15) is 11.7 Å². The fraction of sp³-hybridized carbons (Fsp3) is 0.143. The van der Waals surface area contributed by atoms with Crippen molar-refractivity contribution in [2.45, 2.75) is 12.6 Å². The quantitative estimate of drug-likeness (QED) is 0.607. The Hall–Kier alpha value is -3.46. The Morgan fingerprint density at radius 2 is 1.87 bits per heavy atom. The fourth-order valence-electron chi connectivity index (χ4n) is 3.32. The highest BCUT2D eigenvalue weighted by molar-refractivity contribution is 6.30. The number of rotatable bonds is 3. The van der Waals surface area contributed by atoms with E-state index in [1.165, 1.54) is 17.2 Å². The van der Waals surface area contributed by atoms with Crippen LogP contribution in [-0.2, 0) is 22.2 Å². The van der Waals surface area contributed by atoms with Crippen LogP contribution >= 0.6 is 11.6 Å². The van der Waals surface area contributed by atoms with Crippen LogP contribution in [0.1, 0.15) is 11.1 Å². The predicted octanol–water partition coefficient (Wildman–Crippen LogP) is 4.34. The molecule has 0 saturated heterocycles. The second kappa shape index (κ2) is 7.99. The first-order chi connectivity index (χ1) is 14.7. The second-order valence-electron chi connectivity index (χ2n) is 6.84. The summed E-state index contributed by atoms with van der Waals surface area (Å²) in [5.74, 6) is -0.910. The van der Waals surface area contributed by atoms with Gasteiger partial charge < -0.3 is 10.2 Å². The number of anilines is 2. The van der Waals surface area contributed by atoms with Gasteiger partial charge in [0.15, 0.2) is 0 Å². The van der Waals surface area contributed by atoms with Gasteiger partial charge in [-0.1, -0.05) is 11.6 Å². The molecule has 6 nitrogen and oxygen atoms in total. The number of nitrogens with one attached hydrogen (secondary N) is 1. The molecule has 1 aliphatic rings. The highest BCUT2D eigenvalue weighted by atomic mass is 35.5. The molecule has 4 rings (SSSR count). The third-order valence-corrected chi connectivity index (χ3v) is 4.99. The van der Waals surface area contributed by atoms with Crippen molar-refractivity contribution in [3.8, 4) is 11.1 Å². The van der Waals surface area contributed by atoms with Gasteiger partial charge in [-0.25, -0.2) is 4.98 Å². The summed E-state index contributed by atoms with van der Waals surface area (Å²) in [5, 5.41) is 2.66. The maximum atomic E-state index is 12.9. The molecule has 10 heteroatoms. The first-order valence-electron chi connectivity index (χ1n) is 9.08. The normalized spacial score (nSPS) is 13.3. The number of aromatic nitrogens is 2. The molecule has 31 heavy (non-hydrogen) atoms. The minimum atomic E-state index is -4.47. The van der Waals surface area contributed by atoms with Crippen molar-refractivity contribution >= 4 is 34.8 Å². The second-order valence-corrected chi connectivity index (χ2v) is 7.22. The van der Waals surface area contributed by atoms with Crippen LogP contribution in [0.3, 0.4) is 0 Å². The molecule has 0 bridgehead atoms. The summed E-state index contributed by atoms with van der Waals surface area (Å²) in [6, 6.07) is 7.26. The molecule has 0 spiro atoms. The number of hydrogen-bond acceptors (Lipinski definition) is 4. The summed E-state index contributed by atoms with van der Waals surface area (Å²) in [6.45, 7) is -0.353. The molecule has 0 unspecified atom stereocenters. The lowest BCUT2D eigenvalue weighted by molar-refractivity contribution is -0.137. The van der Waals surface area contributed by atoms with Crippen LogP contribution in [0.2, 0.25) is 5.15 Å². The van der Waals surface area contributed by atoms with Gasteiger partial charge in [-0.15, -0.1) is 0 Å². The molecule has 0 atom stereocenters. The van der Waals surface area contributed by atoms with Gasteiger partial charge in [0.05, 0.1) is 17.7 Å². The summed E-state index contributed by atoms with van der Waals surface area (Å²) in [5.41, 5.74) is 1.80. The molecule has 1 aliphatic heterocycles. The molecule has 158 valence electrons. The van der Waals surface area contributed by atoms with Crippen molar-refractivity contribution in [1.82, 2.24) is 9.97 Å². The summed E-state index contributed by atoms with van der Waals surface area (Å²) in [4.78, 5) is 35.0. The maximum absolute atomic E-state index is 12.9. The van der Waals surface area contributed by atoms with Crippen LogP contribution in [0.5, 0.6) is 0 Å². The van der Waals surface area contributed by atoms with Crippen molar-refractivity contribution in [3.63, 3.8) is 0 Å². The summed E-state index contributed by atoms with van der Waals surface area (Å²) in [7, 11) is 0. The van der Waals surface area contributed by atoms with Crippen molar-refractivity contribution in [1.29, 1.82) is 0 Å². The first-order valence-corrected chi connectivity index (χ1v) is 9.46. The number of benzene rings is 1. The molecular formula is C21H14ClF3N4O2.